The topological polar surface area (TPSA) is 109 Å². The lowest BCUT2D eigenvalue weighted by Gasteiger charge is -2.43. The van der Waals surface area contributed by atoms with Crippen LogP contribution >= 0.6 is 0 Å². The minimum atomic E-state index is -1.62. The Morgan fingerprint density at radius 2 is 1.85 bits per heavy atom. The Morgan fingerprint density at radius 1 is 1.24 bits per heavy atom. The van der Waals surface area contributed by atoms with Gasteiger partial charge in [0.1, 0.15) is 12.4 Å². The molecule has 0 aliphatic carbocycles. The minimum Gasteiger partial charge on any atom is -0.496 e. The van der Waals surface area contributed by atoms with Crippen molar-refractivity contribution in [3.8, 4) is 5.75 Å². The van der Waals surface area contributed by atoms with Gasteiger partial charge in [-0.15, -0.1) is 0 Å². The fraction of sp³-hybridized carbons (Fsp3) is 0.696. The van der Waals surface area contributed by atoms with E-state index in [1.807, 2.05) is 27.7 Å². The molecule has 1 saturated heterocycles. The zero-order valence-electron chi connectivity index (χ0n) is 20.9. The maximum Gasteiger partial charge on any atom is 0.498 e. The molecule has 0 aromatic carbocycles. The zero-order valence-corrected chi connectivity index (χ0v) is 20.9. The first-order valence-corrected chi connectivity index (χ1v) is 11.2. The van der Waals surface area contributed by atoms with Crippen molar-refractivity contribution in [1.29, 1.82) is 0 Å². The summed E-state index contributed by atoms with van der Waals surface area (Å²) in [5.74, 6) is -0.819. The van der Waals surface area contributed by atoms with E-state index >= 15 is 0 Å². The number of carboxylic acids is 1. The standard InChI is InChI=1S/C23H35BN2O7/c1-20(2,3)23(19(28)29,13-15-10-9-11-31-25-15)26-14-17(30-8)16(12-18(26)27)24-32-21(4,5)22(6,7)33-24/h12,14H,9-11,13H2,1-8H3,(H,28,29). The van der Waals surface area contributed by atoms with Gasteiger partial charge in [0.05, 0.1) is 30.2 Å². The first-order valence-electron chi connectivity index (χ1n) is 11.2. The highest BCUT2D eigenvalue weighted by Gasteiger charge is 2.55. The molecule has 1 aromatic rings. The van der Waals surface area contributed by atoms with E-state index < -0.39 is 40.8 Å². The molecule has 2 aliphatic heterocycles. The number of nitrogens with zero attached hydrogens (tertiary/aromatic N) is 2. The summed E-state index contributed by atoms with van der Waals surface area (Å²) in [5.41, 5.74) is -3.14. The van der Waals surface area contributed by atoms with Crippen LogP contribution < -0.4 is 15.8 Å². The van der Waals surface area contributed by atoms with Gasteiger partial charge in [0.25, 0.3) is 5.56 Å². The van der Waals surface area contributed by atoms with Gasteiger partial charge in [-0.2, -0.15) is 0 Å². The Bertz CT molecular complexity index is 993. The summed E-state index contributed by atoms with van der Waals surface area (Å²) in [6.45, 7) is 13.6. The number of carbonyl (C=O) groups is 1. The Balaban J connectivity index is 2.17. The van der Waals surface area contributed by atoms with Crippen molar-refractivity contribution >= 4 is 24.3 Å². The molecule has 1 aromatic heterocycles. The molecule has 0 saturated carbocycles. The number of aliphatic carboxylic acids is 1. The van der Waals surface area contributed by atoms with Crippen molar-refractivity contribution in [2.75, 3.05) is 13.7 Å². The highest BCUT2D eigenvalue weighted by Crippen LogP contribution is 2.42. The minimum absolute atomic E-state index is 0.0325. The largest absolute Gasteiger partial charge is 0.498 e. The van der Waals surface area contributed by atoms with Crippen LogP contribution in [0.15, 0.2) is 22.2 Å². The van der Waals surface area contributed by atoms with Crippen LogP contribution in [0.3, 0.4) is 0 Å². The van der Waals surface area contributed by atoms with Crippen LogP contribution in [0, 0.1) is 5.41 Å². The van der Waals surface area contributed by atoms with Crippen LogP contribution in [0.4, 0.5) is 0 Å². The molecule has 33 heavy (non-hydrogen) atoms. The second-order valence-electron chi connectivity index (χ2n) is 10.8. The van der Waals surface area contributed by atoms with Gasteiger partial charge in [0.2, 0.25) is 0 Å². The van der Waals surface area contributed by atoms with Crippen molar-refractivity contribution in [2.24, 2.45) is 10.6 Å². The van der Waals surface area contributed by atoms with Gasteiger partial charge in [-0.25, -0.2) is 4.79 Å². The second kappa shape index (κ2) is 8.47. The molecule has 1 N–H and O–H groups in total. The highest BCUT2D eigenvalue weighted by atomic mass is 16.7. The van der Waals surface area contributed by atoms with Crippen molar-refractivity contribution < 1.29 is 28.8 Å². The third-order valence-corrected chi connectivity index (χ3v) is 7.13. The van der Waals surface area contributed by atoms with Gasteiger partial charge in [-0.3, -0.25) is 9.36 Å². The van der Waals surface area contributed by atoms with Gasteiger partial charge in [0, 0.05) is 17.9 Å². The molecule has 2 aliphatic rings. The summed E-state index contributed by atoms with van der Waals surface area (Å²) >= 11 is 0. The molecule has 1 atom stereocenters. The summed E-state index contributed by atoms with van der Waals surface area (Å²) in [4.78, 5) is 31.6. The average molecular weight is 462 g/mol. The number of ether oxygens (including phenoxy) is 1. The lowest BCUT2D eigenvalue weighted by molar-refractivity contribution is -0.154. The van der Waals surface area contributed by atoms with Gasteiger partial charge < -0.3 is 24.0 Å². The number of pyridine rings is 1. The van der Waals surface area contributed by atoms with Crippen LogP contribution in [0.25, 0.3) is 0 Å². The van der Waals surface area contributed by atoms with E-state index in [4.69, 9.17) is 18.9 Å². The fourth-order valence-electron chi connectivity index (χ4n) is 4.30. The van der Waals surface area contributed by atoms with Gasteiger partial charge in [0.15, 0.2) is 5.54 Å². The van der Waals surface area contributed by atoms with Crippen LogP contribution in [0.2, 0.25) is 0 Å². The molecule has 3 rings (SSSR count). The molecule has 3 heterocycles. The second-order valence-corrected chi connectivity index (χ2v) is 10.8. The first-order chi connectivity index (χ1) is 15.2. The normalized spacial score (nSPS) is 21.7. The SMILES string of the molecule is COc1cn(C(CC2=NOCCC2)(C(=O)O)C(C)(C)C)c(=O)cc1B1OC(C)(C)C(C)(C)O1. The Morgan fingerprint density at radius 3 is 2.30 bits per heavy atom. The smallest absolute Gasteiger partial charge is 0.496 e. The maximum absolute atomic E-state index is 13.5. The number of methoxy groups -OCH3 is 1. The van der Waals surface area contributed by atoms with E-state index in [1.54, 1.807) is 20.8 Å². The number of hydrogen-bond donors (Lipinski definition) is 1. The van der Waals surface area contributed by atoms with Gasteiger partial charge >= 0.3 is 13.1 Å². The van der Waals surface area contributed by atoms with E-state index in [0.717, 1.165) is 6.42 Å². The van der Waals surface area contributed by atoms with Crippen LogP contribution in [0.1, 0.15) is 67.7 Å². The summed E-state index contributed by atoms with van der Waals surface area (Å²) < 4.78 is 19.1. The third kappa shape index (κ3) is 4.30. The van der Waals surface area contributed by atoms with Crippen LogP contribution in [0.5, 0.6) is 5.75 Å². The molecule has 9 nitrogen and oxygen atoms in total. The number of hydrogen-bond acceptors (Lipinski definition) is 7. The molecule has 10 heteroatoms. The number of rotatable bonds is 6. The van der Waals surface area contributed by atoms with Crippen molar-refractivity contribution in [3.05, 3.63) is 22.6 Å². The number of oxime groups is 1. The molecule has 0 spiro atoms. The molecule has 1 unspecified atom stereocenters. The van der Waals surface area contributed by atoms with E-state index in [1.165, 1.54) is 23.9 Å². The van der Waals surface area contributed by atoms with Crippen LogP contribution in [-0.4, -0.2) is 53.4 Å². The molecule has 0 bridgehead atoms. The first kappa shape index (κ1) is 25.3. The summed E-state index contributed by atoms with van der Waals surface area (Å²) in [6, 6.07) is 1.35. The lowest BCUT2D eigenvalue weighted by atomic mass is 9.69. The van der Waals surface area contributed by atoms with Gasteiger partial charge in [-0.1, -0.05) is 25.9 Å². The predicted octanol–water partition coefficient (Wildman–Crippen LogP) is 2.54. The highest BCUT2D eigenvalue weighted by molar-refractivity contribution is 6.63. The molecular weight excluding hydrogens is 427 g/mol. The molecule has 182 valence electrons. The molecule has 0 amide bonds. The quantitative estimate of drug-likeness (QED) is 0.648. The molecule has 1 fully saturated rings. The Kier molecular flexibility index (Phi) is 6.49. The summed E-state index contributed by atoms with van der Waals surface area (Å²) in [6.07, 6.45) is 2.85. The number of aromatic nitrogens is 1. The third-order valence-electron chi connectivity index (χ3n) is 7.13. The molecule has 0 radical (unpaired) electrons. The summed E-state index contributed by atoms with van der Waals surface area (Å²) in [5, 5.41) is 14.6. The van der Waals surface area contributed by atoms with Gasteiger partial charge in [-0.05, 0) is 46.0 Å². The van der Waals surface area contributed by atoms with Crippen molar-refractivity contribution in [1.82, 2.24) is 4.57 Å². The van der Waals surface area contributed by atoms with E-state index in [9.17, 15) is 14.7 Å². The number of carboxylic acid groups (broad SMARTS) is 1. The van der Waals surface area contributed by atoms with E-state index in [0.29, 0.717) is 30.0 Å². The Labute approximate surface area is 195 Å². The summed E-state index contributed by atoms with van der Waals surface area (Å²) in [7, 11) is 0.648. The van der Waals surface area contributed by atoms with Crippen molar-refractivity contribution in [2.45, 2.75) is 84.5 Å². The van der Waals surface area contributed by atoms with E-state index in [-0.39, 0.29) is 6.42 Å². The monoisotopic (exact) mass is 462 g/mol. The van der Waals surface area contributed by atoms with Crippen LogP contribution in [-0.2, 0) is 24.5 Å². The average Bonchev–Trinajstić information content (AvgIpc) is 2.92. The molecular formula is C23H35BN2O7. The van der Waals surface area contributed by atoms with E-state index in [2.05, 4.69) is 5.16 Å². The predicted molar refractivity (Wildman–Crippen MR) is 125 cm³/mol. The Hall–Kier alpha value is -2.33. The van der Waals surface area contributed by atoms with Crippen molar-refractivity contribution in [3.63, 3.8) is 0 Å². The fourth-order valence-corrected chi connectivity index (χ4v) is 4.30. The maximum atomic E-state index is 13.5. The zero-order chi connectivity index (χ0) is 24.8. The lowest BCUT2D eigenvalue weighted by Crippen LogP contribution is -2.57.